The minimum Gasteiger partial charge on any atom is -0.353 e. The van der Waals surface area contributed by atoms with Crippen molar-refractivity contribution >= 4 is 12.0 Å². The maximum atomic E-state index is 11.8. The number of hydrogen-bond acceptors (Lipinski definition) is 1. The van der Waals surface area contributed by atoms with E-state index in [4.69, 9.17) is 0 Å². The van der Waals surface area contributed by atoms with Crippen molar-refractivity contribution in [2.24, 2.45) is 0 Å². The van der Waals surface area contributed by atoms with Crippen LogP contribution in [0.3, 0.4) is 0 Å². The van der Waals surface area contributed by atoms with Crippen LogP contribution in [0.5, 0.6) is 0 Å². The van der Waals surface area contributed by atoms with Crippen molar-refractivity contribution in [3.63, 3.8) is 0 Å². The molecule has 2 heteroatoms. The first-order valence-corrected chi connectivity index (χ1v) is 11.8. The van der Waals surface area contributed by atoms with Crippen molar-refractivity contribution in [2.45, 2.75) is 83.5 Å². The van der Waals surface area contributed by atoms with Crippen LogP contribution in [0.4, 0.5) is 0 Å². The predicted molar refractivity (Wildman–Crippen MR) is 131 cm³/mol. The first kappa shape index (κ1) is 21.9. The van der Waals surface area contributed by atoms with Gasteiger partial charge in [-0.05, 0) is 89.8 Å². The average molecular weight is 416 g/mol. The van der Waals surface area contributed by atoms with Gasteiger partial charge in [0.1, 0.15) is 0 Å². The lowest BCUT2D eigenvalue weighted by molar-refractivity contribution is -0.116. The summed E-state index contributed by atoms with van der Waals surface area (Å²) in [5.41, 5.74) is 9.06. The van der Waals surface area contributed by atoms with E-state index in [9.17, 15) is 4.79 Å². The molecule has 2 aromatic rings. The van der Waals surface area contributed by atoms with Gasteiger partial charge in [-0.3, -0.25) is 4.79 Å². The summed E-state index contributed by atoms with van der Waals surface area (Å²) in [6.07, 6.45) is 8.44. The minimum absolute atomic E-state index is 0.0376. The highest BCUT2D eigenvalue weighted by atomic mass is 16.1. The summed E-state index contributed by atoms with van der Waals surface area (Å²) in [7, 11) is 0. The van der Waals surface area contributed by atoms with E-state index in [-0.39, 0.29) is 22.2 Å². The normalized spacial score (nSPS) is 20.3. The Labute approximate surface area is 188 Å². The highest BCUT2D eigenvalue weighted by Gasteiger charge is 2.48. The summed E-state index contributed by atoms with van der Waals surface area (Å²) in [5, 5.41) is 2.82. The molecule has 0 heterocycles. The molecule has 0 bridgehead atoms. The number of hydrogen-bond donors (Lipinski definition) is 1. The molecule has 1 N–H and O–H groups in total. The molecule has 2 nitrogen and oxygen atoms in total. The molecule has 4 rings (SSSR count). The lowest BCUT2D eigenvalue weighted by Crippen LogP contribution is -2.34. The fourth-order valence-corrected chi connectivity index (χ4v) is 5.42. The maximum absolute atomic E-state index is 11.8. The van der Waals surface area contributed by atoms with Gasteiger partial charge < -0.3 is 5.32 Å². The van der Waals surface area contributed by atoms with Crippen molar-refractivity contribution < 1.29 is 4.79 Å². The molecule has 2 aromatic carbocycles. The number of carbonyl (C=O) groups excluding carboxylic acids is 1. The van der Waals surface area contributed by atoms with Crippen LogP contribution in [0.15, 0.2) is 42.5 Å². The van der Waals surface area contributed by atoms with E-state index >= 15 is 0 Å². The molecule has 1 saturated carbocycles. The van der Waals surface area contributed by atoms with Crippen LogP contribution in [-0.2, 0) is 21.0 Å². The van der Waals surface area contributed by atoms with Gasteiger partial charge in [0.2, 0.25) is 5.91 Å². The number of amides is 1. The van der Waals surface area contributed by atoms with E-state index in [2.05, 4.69) is 76.3 Å². The highest BCUT2D eigenvalue weighted by Crippen LogP contribution is 2.56. The summed E-state index contributed by atoms with van der Waals surface area (Å²) in [4.78, 5) is 11.8. The van der Waals surface area contributed by atoms with Gasteiger partial charge in [-0.25, -0.2) is 0 Å². The van der Waals surface area contributed by atoms with Crippen LogP contribution in [0.25, 0.3) is 6.08 Å². The Kier molecular flexibility index (Phi) is 5.40. The Balaban J connectivity index is 1.74. The van der Waals surface area contributed by atoms with Gasteiger partial charge in [0.15, 0.2) is 0 Å². The van der Waals surface area contributed by atoms with Crippen LogP contribution >= 0.6 is 0 Å². The number of benzene rings is 2. The number of rotatable bonds is 5. The first-order chi connectivity index (χ1) is 14.6. The van der Waals surface area contributed by atoms with Gasteiger partial charge in [0.05, 0.1) is 0 Å². The molecule has 1 fully saturated rings. The second-order valence-electron chi connectivity index (χ2n) is 10.9. The Morgan fingerprint density at radius 1 is 0.935 bits per heavy atom. The van der Waals surface area contributed by atoms with Crippen molar-refractivity contribution in [2.75, 3.05) is 6.54 Å². The molecule has 0 saturated heterocycles. The number of aryl methyl sites for hydroxylation is 1. The van der Waals surface area contributed by atoms with Crippen molar-refractivity contribution in [3.8, 4) is 0 Å². The van der Waals surface area contributed by atoms with Gasteiger partial charge >= 0.3 is 0 Å². The summed E-state index contributed by atoms with van der Waals surface area (Å²) in [5.74, 6) is -0.0376. The van der Waals surface area contributed by atoms with E-state index in [0.29, 0.717) is 6.54 Å². The van der Waals surface area contributed by atoms with Crippen LogP contribution in [0.2, 0.25) is 0 Å². The standard InChI is InChI=1S/C29H37NO/c1-7-30-26(31)12-11-21-9-8-10-22(18-21)29(15-16-29)23-19-25-24(17-20(23)2)27(3,4)13-14-28(25,5)6/h8-12,17-19H,7,13-16H2,1-6H3,(H,30,31)/b12-11+. The molecule has 2 aliphatic carbocycles. The van der Waals surface area contributed by atoms with E-state index in [1.165, 1.54) is 42.4 Å². The third-order valence-electron chi connectivity index (χ3n) is 7.68. The smallest absolute Gasteiger partial charge is 0.243 e. The second-order valence-corrected chi connectivity index (χ2v) is 10.9. The van der Waals surface area contributed by atoms with Gasteiger partial charge in [0.25, 0.3) is 0 Å². The fourth-order valence-electron chi connectivity index (χ4n) is 5.42. The topological polar surface area (TPSA) is 29.1 Å². The molecule has 0 atom stereocenters. The Morgan fingerprint density at radius 2 is 1.58 bits per heavy atom. The van der Waals surface area contributed by atoms with Crippen LogP contribution in [-0.4, -0.2) is 12.5 Å². The molecule has 0 aliphatic heterocycles. The summed E-state index contributed by atoms with van der Waals surface area (Å²) >= 11 is 0. The zero-order valence-electron chi connectivity index (χ0n) is 20.1. The molecular weight excluding hydrogens is 378 g/mol. The van der Waals surface area contributed by atoms with Crippen molar-refractivity contribution in [3.05, 3.63) is 75.9 Å². The first-order valence-electron chi connectivity index (χ1n) is 11.8. The third-order valence-corrected chi connectivity index (χ3v) is 7.68. The van der Waals surface area contributed by atoms with Gasteiger partial charge in [-0.1, -0.05) is 64.1 Å². The lowest BCUT2D eigenvalue weighted by Gasteiger charge is -2.43. The molecule has 0 radical (unpaired) electrons. The number of fused-ring (bicyclic) bond motifs is 1. The Hall–Kier alpha value is -2.35. The molecule has 31 heavy (non-hydrogen) atoms. The summed E-state index contributed by atoms with van der Waals surface area (Å²) in [6.45, 7) is 14.5. The minimum atomic E-state index is -0.0376. The Morgan fingerprint density at radius 3 is 2.19 bits per heavy atom. The molecule has 0 spiro atoms. The number of carbonyl (C=O) groups is 1. The number of nitrogens with one attached hydrogen (secondary N) is 1. The molecular formula is C29H37NO. The molecule has 0 aromatic heterocycles. The fraction of sp³-hybridized carbons (Fsp3) is 0.483. The zero-order chi connectivity index (χ0) is 22.4. The number of likely N-dealkylation sites (N-methyl/N-ethyl adjacent to an activating group) is 1. The van der Waals surface area contributed by atoms with Gasteiger partial charge in [-0.2, -0.15) is 0 Å². The largest absolute Gasteiger partial charge is 0.353 e. The van der Waals surface area contributed by atoms with Crippen LogP contribution < -0.4 is 5.32 Å². The summed E-state index contributed by atoms with van der Waals surface area (Å²) < 4.78 is 0. The molecule has 1 amide bonds. The summed E-state index contributed by atoms with van der Waals surface area (Å²) in [6, 6.07) is 13.8. The Bertz CT molecular complexity index is 1040. The van der Waals surface area contributed by atoms with Crippen LogP contribution in [0, 0.1) is 6.92 Å². The quantitative estimate of drug-likeness (QED) is 0.550. The maximum Gasteiger partial charge on any atom is 0.243 e. The second kappa shape index (κ2) is 7.65. The van der Waals surface area contributed by atoms with Gasteiger partial charge in [0, 0.05) is 18.0 Å². The third kappa shape index (κ3) is 3.97. The monoisotopic (exact) mass is 415 g/mol. The van der Waals surface area contributed by atoms with Crippen molar-refractivity contribution in [1.82, 2.24) is 5.32 Å². The van der Waals surface area contributed by atoms with E-state index < -0.39 is 0 Å². The SMILES string of the molecule is CCNC(=O)/C=C/c1cccc(C2(c3cc4c(cc3C)C(C)(C)CCC4(C)C)CC2)c1. The van der Waals surface area contributed by atoms with Crippen molar-refractivity contribution in [1.29, 1.82) is 0 Å². The van der Waals surface area contributed by atoms with E-state index in [1.54, 1.807) is 17.2 Å². The van der Waals surface area contributed by atoms with E-state index in [1.807, 2.05) is 13.0 Å². The zero-order valence-corrected chi connectivity index (χ0v) is 20.1. The van der Waals surface area contributed by atoms with Gasteiger partial charge in [-0.15, -0.1) is 0 Å². The molecule has 2 aliphatic rings. The molecule has 164 valence electrons. The highest BCUT2D eigenvalue weighted by molar-refractivity contribution is 5.91. The average Bonchev–Trinajstić information content (AvgIpc) is 3.52. The van der Waals surface area contributed by atoms with E-state index in [0.717, 1.165) is 5.56 Å². The lowest BCUT2D eigenvalue weighted by atomic mass is 9.62. The molecule has 0 unspecified atom stereocenters. The van der Waals surface area contributed by atoms with Crippen LogP contribution in [0.1, 0.15) is 93.7 Å². The predicted octanol–water partition coefficient (Wildman–Crippen LogP) is 6.57.